The SMILES string of the molecule is CCC1(C)CC2(CCCN(CC#CCN3CCCCC3)C2)CCO1. The molecule has 0 amide bonds. The van der Waals surface area contributed by atoms with Crippen molar-refractivity contribution in [2.24, 2.45) is 5.41 Å². The molecule has 0 aromatic heterocycles. The molecule has 3 heteroatoms. The fourth-order valence-corrected chi connectivity index (χ4v) is 4.92. The fraction of sp³-hybridized carbons (Fsp3) is 0.905. The summed E-state index contributed by atoms with van der Waals surface area (Å²) in [5.41, 5.74) is 0.580. The average Bonchev–Trinajstić information content (AvgIpc) is 2.60. The molecule has 0 aromatic carbocycles. The lowest BCUT2D eigenvalue weighted by Crippen LogP contribution is -2.51. The Morgan fingerprint density at radius 1 is 0.917 bits per heavy atom. The second-order valence-corrected chi connectivity index (χ2v) is 8.58. The minimum atomic E-state index is 0.0984. The van der Waals surface area contributed by atoms with Gasteiger partial charge in [0.1, 0.15) is 0 Å². The van der Waals surface area contributed by atoms with Crippen molar-refractivity contribution in [1.29, 1.82) is 0 Å². The van der Waals surface area contributed by atoms with Crippen LogP contribution in [0.3, 0.4) is 0 Å². The highest BCUT2D eigenvalue weighted by atomic mass is 16.5. The summed E-state index contributed by atoms with van der Waals surface area (Å²) in [5.74, 6) is 6.89. The van der Waals surface area contributed by atoms with Gasteiger partial charge in [-0.25, -0.2) is 0 Å². The molecule has 0 saturated carbocycles. The first-order valence-electron chi connectivity index (χ1n) is 10.2. The van der Waals surface area contributed by atoms with Gasteiger partial charge in [-0.15, -0.1) is 0 Å². The van der Waals surface area contributed by atoms with Crippen molar-refractivity contribution in [3.63, 3.8) is 0 Å². The van der Waals surface area contributed by atoms with E-state index in [1.165, 1.54) is 71.1 Å². The molecule has 2 atom stereocenters. The summed E-state index contributed by atoms with van der Waals surface area (Å²) in [4.78, 5) is 5.12. The smallest absolute Gasteiger partial charge is 0.0657 e. The molecule has 0 radical (unpaired) electrons. The minimum Gasteiger partial charge on any atom is -0.375 e. The Hall–Kier alpha value is -0.560. The van der Waals surface area contributed by atoms with E-state index in [4.69, 9.17) is 4.74 Å². The van der Waals surface area contributed by atoms with Crippen molar-refractivity contribution in [1.82, 2.24) is 9.80 Å². The lowest BCUT2D eigenvalue weighted by Gasteiger charge is -2.50. The Kier molecular flexibility index (Phi) is 6.24. The monoisotopic (exact) mass is 332 g/mol. The van der Waals surface area contributed by atoms with Gasteiger partial charge in [0.15, 0.2) is 0 Å². The number of hydrogen-bond acceptors (Lipinski definition) is 3. The number of rotatable bonds is 3. The van der Waals surface area contributed by atoms with Crippen molar-refractivity contribution in [2.45, 2.75) is 70.8 Å². The summed E-state index contributed by atoms with van der Waals surface area (Å²) in [6.07, 6.45) is 10.4. The molecule has 3 nitrogen and oxygen atoms in total. The van der Waals surface area contributed by atoms with Gasteiger partial charge >= 0.3 is 0 Å². The quantitative estimate of drug-likeness (QED) is 0.735. The summed E-state index contributed by atoms with van der Waals surface area (Å²) in [6, 6.07) is 0. The highest BCUT2D eigenvalue weighted by Crippen LogP contribution is 2.45. The first-order valence-corrected chi connectivity index (χ1v) is 10.2. The zero-order chi connectivity index (χ0) is 16.9. The zero-order valence-corrected chi connectivity index (χ0v) is 15.9. The molecule has 0 bridgehead atoms. The van der Waals surface area contributed by atoms with Gasteiger partial charge in [0, 0.05) is 13.2 Å². The largest absolute Gasteiger partial charge is 0.375 e. The molecule has 2 unspecified atom stereocenters. The molecule has 0 aliphatic carbocycles. The number of piperidine rings is 2. The van der Waals surface area contributed by atoms with Crippen LogP contribution >= 0.6 is 0 Å². The molecule has 1 spiro atoms. The summed E-state index contributed by atoms with van der Waals surface area (Å²) in [5, 5.41) is 0. The maximum Gasteiger partial charge on any atom is 0.0657 e. The van der Waals surface area contributed by atoms with Crippen molar-refractivity contribution in [2.75, 3.05) is 45.9 Å². The predicted octanol–water partition coefficient (Wildman–Crippen LogP) is 3.54. The van der Waals surface area contributed by atoms with E-state index in [0.717, 1.165) is 26.1 Å². The molecular formula is C21H36N2O. The van der Waals surface area contributed by atoms with Gasteiger partial charge in [0.05, 0.1) is 18.7 Å². The van der Waals surface area contributed by atoms with Gasteiger partial charge in [0.25, 0.3) is 0 Å². The first kappa shape index (κ1) is 18.2. The highest BCUT2D eigenvalue weighted by molar-refractivity contribution is 5.05. The molecule has 3 rings (SSSR count). The Morgan fingerprint density at radius 3 is 2.38 bits per heavy atom. The molecule has 3 fully saturated rings. The van der Waals surface area contributed by atoms with Crippen LogP contribution in [0.1, 0.15) is 65.2 Å². The third-order valence-corrected chi connectivity index (χ3v) is 6.50. The van der Waals surface area contributed by atoms with E-state index >= 15 is 0 Å². The van der Waals surface area contributed by atoms with Crippen molar-refractivity contribution in [3.8, 4) is 11.8 Å². The van der Waals surface area contributed by atoms with E-state index in [1.54, 1.807) is 0 Å². The fourth-order valence-electron chi connectivity index (χ4n) is 4.92. The van der Waals surface area contributed by atoms with E-state index in [-0.39, 0.29) is 5.60 Å². The molecule has 3 aliphatic rings. The van der Waals surface area contributed by atoms with Crippen LogP contribution in [0.15, 0.2) is 0 Å². The Labute approximate surface area is 149 Å². The van der Waals surface area contributed by atoms with Gasteiger partial charge < -0.3 is 4.74 Å². The van der Waals surface area contributed by atoms with Crippen LogP contribution < -0.4 is 0 Å². The summed E-state index contributed by atoms with van der Waals surface area (Å²) in [6.45, 7) is 12.4. The summed E-state index contributed by atoms with van der Waals surface area (Å²) in [7, 11) is 0. The van der Waals surface area contributed by atoms with Crippen molar-refractivity contribution in [3.05, 3.63) is 0 Å². The average molecular weight is 333 g/mol. The van der Waals surface area contributed by atoms with Crippen LogP contribution in [0.4, 0.5) is 0 Å². The first-order chi connectivity index (χ1) is 11.6. The normalized spacial score (nSPS) is 35.6. The Bertz CT molecular complexity index is 458. The predicted molar refractivity (Wildman–Crippen MR) is 100 cm³/mol. The maximum absolute atomic E-state index is 6.09. The molecule has 0 N–H and O–H groups in total. The molecule has 0 aromatic rings. The van der Waals surface area contributed by atoms with Crippen LogP contribution in [-0.4, -0.2) is 61.3 Å². The van der Waals surface area contributed by atoms with Gasteiger partial charge in [-0.3, -0.25) is 9.80 Å². The van der Waals surface area contributed by atoms with Gasteiger partial charge in [-0.1, -0.05) is 25.2 Å². The minimum absolute atomic E-state index is 0.0984. The van der Waals surface area contributed by atoms with E-state index in [2.05, 4.69) is 35.5 Å². The summed E-state index contributed by atoms with van der Waals surface area (Å²) < 4.78 is 6.09. The van der Waals surface area contributed by atoms with Gasteiger partial charge in [-0.05, 0) is 76.9 Å². The zero-order valence-electron chi connectivity index (χ0n) is 15.9. The molecule has 3 heterocycles. The Balaban J connectivity index is 1.49. The standard InChI is InChI=1S/C21H36N2O/c1-3-20(2)18-21(11-17-24-20)10-9-16-23(19-21)15-8-7-14-22-12-5-4-6-13-22/h3-6,9-19H2,1-2H3. The van der Waals surface area contributed by atoms with Crippen molar-refractivity contribution >= 4 is 0 Å². The third kappa shape index (κ3) is 4.75. The second-order valence-electron chi connectivity index (χ2n) is 8.58. The van der Waals surface area contributed by atoms with Crippen LogP contribution in [-0.2, 0) is 4.74 Å². The Morgan fingerprint density at radius 2 is 1.62 bits per heavy atom. The lowest BCUT2D eigenvalue weighted by molar-refractivity contribution is -0.132. The van der Waals surface area contributed by atoms with Gasteiger partial charge in [0.2, 0.25) is 0 Å². The molecular weight excluding hydrogens is 296 g/mol. The molecule has 24 heavy (non-hydrogen) atoms. The number of likely N-dealkylation sites (tertiary alicyclic amines) is 2. The molecule has 3 aliphatic heterocycles. The van der Waals surface area contributed by atoms with Crippen LogP contribution in [0.2, 0.25) is 0 Å². The number of nitrogens with zero attached hydrogens (tertiary/aromatic N) is 2. The van der Waals surface area contributed by atoms with E-state index in [1.807, 2.05) is 0 Å². The van der Waals surface area contributed by atoms with E-state index in [0.29, 0.717) is 5.41 Å². The highest BCUT2D eigenvalue weighted by Gasteiger charge is 2.44. The van der Waals surface area contributed by atoms with Gasteiger partial charge in [-0.2, -0.15) is 0 Å². The van der Waals surface area contributed by atoms with E-state index in [9.17, 15) is 0 Å². The second kappa shape index (κ2) is 8.21. The molecule has 136 valence electrons. The van der Waals surface area contributed by atoms with Crippen molar-refractivity contribution < 1.29 is 4.74 Å². The summed E-state index contributed by atoms with van der Waals surface area (Å²) >= 11 is 0. The van der Waals surface area contributed by atoms with Crippen LogP contribution in [0.5, 0.6) is 0 Å². The third-order valence-electron chi connectivity index (χ3n) is 6.50. The maximum atomic E-state index is 6.09. The topological polar surface area (TPSA) is 15.7 Å². The lowest BCUT2D eigenvalue weighted by atomic mass is 9.68. The van der Waals surface area contributed by atoms with E-state index < -0.39 is 0 Å². The number of hydrogen-bond donors (Lipinski definition) is 0. The molecule has 3 saturated heterocycles. The van der Waals surface area contributed by atoms with Crippen LogP contribution in [0, 0.1) is 17.3 Å². The number of ether oxygens (including phenoxy) is 1. The van der Waals surface area contributed by atoms with Crippen LogP contribution in [0.25, 0.3) is 0 Å².